The maximum absolute atomic E-state index is 13.9. The van der Waals surface area contributed by atoms with Crippen molar-refractivity contribution in [3.63, 3.8) is 0 Å². The monoisotopic (exact) mass is 696 g/mol. The second-order valence-corrected chi connectivity index (χ2v) is 11.6. The number of alkyl halides is 3. The van der Waals surface area contributed by atoms with Crippen molar-refractivity contribution in [2.45, 2.75) is 44.7 Å². The second kappa shape index (κ2) is 16.5. The van der Waals surface area contributed by atoms with Crippen LogP contribution in [0.2, 0.25) is 5.02 Å². The van der Waals surface area contributed by atoms with Gasteiger partial charge in [-0.3, -0.25) is 14.6 Å². The van der Waals surface area contributed by atoms with Gasteiger partial charge in [0.2, 0.25) is 0 Å². The molecule has 3 aromatic rings. The molecule has 0 spiro atoms. The predicted octanol–water partition coefficient (Wildman–Crippen LogP) is 7.10. The van der Waals surface area contributed by atoms with E-state index in [4.69, 9.17) is 16.3 Å². The van der Waals surface area contributed by atoms with Gasteiger partial charge in [0.1, 0.15) is 0 Å². The van der Waals surface area contributed by atoms with Gasteiger partial charge in [-0.05, 0) is 73.4 Å². The van der Waals surface area contributed by atoms with Crippen molar-refractivity contribution in [3.8, 4) is 11.1 Å². The minimum Gasteiger partial charge on any atom is -0.373 e. The van der Waals surface area contributed by atoms with Gasteiger partial charge in [-0.15, -0.1) is 37.2 Å². The second-order valence-electron chi connectivity index (χ2n) is 11.2. The summed E-state index contributed by atoms with van der Waals surface area (Å²) in [6.07, 6.45) is -0.339. The van der Waals surface area contributed by atoms with Gasteiger partial charge in [0.25, 0.3) is 5.91 Å². The van der Waals surface area contributed by atoms with Gasteiger partial charge in [0.05, 0.1) is 17.8 Å². The lowest BCUT2D eigenvalue weighted by atomic mass is 9.98. The Balaban J connectivity index is 0.00000225. The molecule has 44 heavy (non-hydrogen) atoms. The van der Waals surface area contributed by atoms with E-state index in [0.717, 1.165) is 43.9 Å². The van der Waals surface area contributed by atoms with Crippen molar-refractivity contribution in [2.24, 2.45) is 0 Å². The van der Waals surface area contributed by atoms with E-state index in [1.165, 1.54) is 0 Å². The quantitative estimate of drug-likeness (QED) is 0.286. The van der Waals surface area contributed by atoms with Crippen LogP contribution in [0.3, 0.4) is 0 Å². The third kappa shape index (κ3) is 9.76. The topological polar surface area (TPSA) is 51.8 Å². The van der Waals surface area contributed by atoms with Crippen molar-refractivity contribution < 1.29 is 22.7 Å². The average molecular weight is 698 g/mol. The molecule has 0 radical (unpaired) electrons. The van der Waals surface area contributed by atoms with Crippen molar-refractivity contribution in [1.82, 2.24) is 19.7 Å². The lowest BCUT2D eigenvalue weighted by Gasteiger charge is -2.43. The predicted molar refractivity (Wildman–Crippen MR) is 176 cm³/mol. The lowest BCUT2D eigenvalue weighted by molar-refractivity contribution is -0.137. The van der Waals surface area contributed by atoms with Crippen LogP contribution in [0, 0.1) is 0 Å². The fourth-order valence-electron chi connectivity index (χ4n) is 5.96. The smallest absolute Gasteiger partial charge is 0.373 e. The number of hydrogen-bond donors (Lipinski definition) is 1. The maximum atomic E-state index is 13.9. The molecule has 2 fully saturated rings. The SMILES string of the molecule is CC1CN(CCN2CCN(C(=O)c3cc(-c4cc[nH]c4)cc(C(F)(F)F)c3)[C@H](Cc3ccc(Cl)cc3)C2)CC(C)O1.Cl.Cl.Cl. The summed E-state index contributed by atoms with van der Waals surface area (Å²) in [6.45, 7) is 9.41. The number of H-pyrrole nitrogens is 1. The summed E-state index contributed by atoms with van der Waals surface area (Å²) in [7, 11) is 0. The molecule has 244 valence electrons. The van der Waals surface area contributed by atoms with Gasteiger partial charge >= 0.3 is 6.18 Å². The van der Waals surface area contributed by atoms with E-state index < -0.39 is 11.7 Å². The molecule has 2 unspecified atom stereocenters. The van der Waals surface area contributed by atoms with Crippen molar-refractivity contribution in [1.29, 1.82) is 0 Å². The zero-order valence-corrected chi connectivity index (χ0v) is 27.8. The number of halogens is 7. The Labute approximate surface area is 280 Å². The number of carbonyl (C=O) groups excluding carboxylic acids is 1. The van der Waals surface area contributed by atoms with Crippen LogP contribution in [0.5, 0.6) is 0 Å². The van der Waals surface area contributed by atoms with Crippen molar-refractivity contribution >= 4 is 54.7 Å². The Kier molecular flexibility index (Phi) is 14.4. The highest BCUT2D eigenvalue weighted by Crippen LogP contribution is 2.34. The number of amides is 1. The first-order valence-corrected chi connectivity index (χ1v) is 14.4. The Morgan fingerprint density at radius 2 is 1.57 bits per heavy atom. The number of nitrogens with zero attached hydrogens (tertiary/aromatic N) is 3. The highest BCUT2D eigenvalue weighted by atomic mass is 35.5. The van der Waals surface area contributed by atoms with Crippen LogP contribution >= 0.6 is 48.8 Å². The van der Waals surface area contributed by atoms with Crippen LogP contribution in [-0.4, -0.2) is 89.7 Å². The fourth-order valence-corrected chi connectivity index (χ4v) is 6.08. The Morgan fingerprint density at radius 3 is 2.18 bits per heavy atom. The van der Waals surface area contributed by atoms with Crippen LogP contribution in [0.25, 0.3) is 11.1 Å². The van der Waals surface area contributed by atoms with Crippen LogP contribution < -0.4 is 0 Å². The molecule has 1 amide bonds. The highest BCUT2D eigenvalue weighted by Gasteiger charge is 2.35. The van der Waals surface area contributed by atoms with Crippen LogP contribution in [0.15, 0.2) is 60.9 Å². The number of nitrogens with one attached hydrogen (secondary N) is 1. The Bertz CT molecular complexity index is 1320. The maximum Gasteiger partial charge on any atom is 0.416 e. The number of ether oxygens (including phenoxy) is 1. The fraction of sp³-hybridized carbons (Fsp3) is 0.452. The molecule has 5 rings (SSSR count). The molecule has 2 saturated heterocycles. The largest absolute Gasteiger partial charge is 0.416 e. The van der Waals surface area contributed by atoms with Gasteiger partial charge < -0.3 is 14.6 Å². The van der Waals surface area contributed by atoms with E-state index in [-0.39, 0.29) is 66.9 Å². The van der Waals surface area contributed by atoms with Crippen LogP contribution in [-0.2, 0) is 17.3 Å². The molecule has 0 aliphatic carbocycles. The molecule has 3 heterocycles. The third-order valence-electron chi connectivity index (χ3n) is 7.88. The number of rotatable bonds is 7. The first-order valence-electron chi connectivity index (χ1n) is 14.1. The summed E-state index contributed by atoms with van der Waals surface area (Å²) in [5, 5.41) is 0.627. The van der Waals surface area contributed by atoms with Gasteiger partial charge in [-0.1, -0.05) is 23.7 Å². The molecule has 0 bridgehead atoms. The molecule has 1 aromatic heterocycles. The standard InChI is InChI=1S/C31H36ClF3N4O2.3ClH/c1-21-18-38(19-22(2)41-21)10-9-37-11-12-39(29(20-37)13-23-3-5-28(32)6-4-23)30(40)26-14-25(24-7-8-36-17-24)15-27(16-26)31(33,34)35;;;/h3-8,14-17,21-22,29,36H,9-13,18-20H2,1-2H3;3*1H/t21?,22?,29-;;;/m1.../s1. The molecule has 6 nitrogen and oxygen atoms in total. The van der Waals surface area contributed by atoms with Crippen molar-refractivity contribution in [2.75, 3.05) is 45.8 Å². The molecule has 13 heteroatoms. The number of carbonyl (C=O) groups is 1. The molecule has 0 saturated carbocycles. The summed E-state index contributed by atoms with van der Waals surface area (Å²) in [4.78, 5) is 23.3. The highest BCUT2D eigenvalue weighted by molar-refractivity contribution is 6.30. The molecule has 2 aliphatic rings. The average Bonchev–Trinajstić information content (AvgIpc) is 3.47. The summed E-state index contributed by atoms with van der Waals surface area (Å²) in [6, 6.07) is 12.6. The van der Waals surface area contributed by atoms with E-state index in [1.807, 2.05) is 24.3 Å². The van der Waals surface area contributed by atoms with Gasteiger partial charge in [-0.2, -0.15) is 13.2 Å². The first kappa shape index (κ1) is 38.2. The molecular formula is C31H39Cl4F3N4O2. The molecule has 2 aromatic carbocycles. The van der Waals surface area contributed by atoms with Crippen molar-refractivity contribution in [3.05, 3.63) is 82.6 Å². The molecular weight excluding hydrogens is 659 g/mol. The first-order chi connectivity index (χ1) is 19.5. The molecule has 1 N–H and O–H groups in total. The Hall–Kier alpha value is -1.98. The van der Waals surface area contributed by atoms with Gasteiger partial charge in [0, 0.05) is 74.8 Å². The number of morpholine rings is 1. The molecule has 3 atom stereocenters. The summed E-state index contributed by atoms with van der Waals surface area (Å²) < 4.78 is 47.5. The number of piperazine rings is 1. The minimum atomic E-state index is -4.57. The number of hydrogen-bond acceptors (Lipinski definition) is 4. The zero-order chi connectivity index (χ0) is 29.1. The number of aromatic nitrogens is 1. The summed E-state index contributed by atoms with van der Waals surface area (Å²) in [5.74, 6) is -0.387. The minimum absolute atomic E-state index is 0. The summed E-state index contributed by atoms with van der Waals surface area (Å²) >= 11 is 6.10. The third-order valence-corrected chi connectivity index (χ3v) is 8.13. The normalized spacial score (nSPS) is 21.1. The van der Waals surface area contributed by atoms with E-state index >= 15 is 0 Å². The number of aromatic amines is 1. The summed E-state index contributed by atoms with van der Waals surface area (Å²) in [5.41, 5.74) is 1.18. The van der Waals surface area contributed by atoms with E-state index in [9.17, 15) is 18.0 Å². The number of benzene rings is 2. The van der Waals surface area contributed by atoms with E-state index in [1.54, 1.807) is 29.4 Å². The van der Waals surface area contributed by atoms with E-state index in [0.29, 0.717) is 42.2 Å². The van der Waals surface area contributed by atoms with Gasteiger partial charge in [-0.25, -0.2) is 0 Å². The molecule has 2 aliphatic heterocycles. The van der Waals surface area contributed by atoms with E-state index in [2.05, 4.69) is 28.6 Å². The lowest BCUT2D eigenvalue weighted by Crippen LogP contribution is -2.57. The zero-order valence-electron chi connectivity index (χ0n) is 24.6. The Morgan fingerprint density at radius 1 is 0.909 bits per heavy atom. The van der Waals surface area contributed by atoms with Gasteiger partial charge in [0.15, 0.2) is 0 Å². The van der Waals surface area contributed by atoms with Crippen LogP contribution in [0.4, 0.5) is 13.2 Å². The van der Waals surface area contributed by atoms with Crippen LogP contribution in [0.1, 0.15) is 35.3 Å².